The standard InChI is InChI=1S/C14H17N3O2S2/c1-9(15)11-3-4-13-12(7-11)5-6-17(13)21(18,19)14-8-16-10(2)20-14/h3-4,7-9H,5-6,15H2,1-2H3. The molecule has 21 heavy (non-hydrogen) atoms. The van der Waals surface area contributed by atoms with Crippen LogP contribution in [-0.4, -0.2) is 19.9 Å². The van der Waals surface area contributed by atoms with Gasteiger partial charge < -0.3 is 5.73 Å². The van der Waals surface area contributed by atoms with Gasteiger partial charge in [-0.3, -0.25) is 4.31 Å². The third kappa shape index (κ3) is 2.45. The number of aryl methyl sites for hydroxylation is 1. The molecular weight excluding hydrogens is 306 g/mol. The summed E-state index contributed by atoms with van der Waals surface area (Å²) in [6, 6.07) is 5.71. The fourth-order valence-corrected chi connectivity index (χ4v) is 5.22. The first kappa shape index (κ1) is 14.5. The van der Waals surface area contributed by atoms with Crippen molar-refractivity contribution in [3.05, 3.63) is 40.5 Å². The van der Waals surface area contributed by atoms with Crippen molar-refractivity contribution in [2.24, 2.45) is 5.73 Å². The summed E-state index contributed by atoms with van der Waals surface area (Å²) in [5.74, 6) is 0. The minimum atomic E-state index is -3.51. The van der Waals surface area contributed by atoms with Crippen LogP contribution >= 0.6 is 11.3 Å². The number of nitrogens with zero attached hydrogens (tertiary/aromatic N) is 2. The number of fused-ring (bicyclic) bond motifs is 1. The van der Waals surface area contributed by atoms with Gasteiger partial charge in [0.1, 0.15) is 0 Å². The minimum absolute atomic E-state index is 0.0508. The van der Waals surface area contributed by atoms with E-state index in [0.29, 0.717) is 17.2 Å². The molecule has 7 heteroatoms. The van der Waals surface area contributed by atoms with Crippen molar-refractivity contribution in [3.63, 3.8) is 0 Å². The molecule has 0 radical (unpaired) electrons. The molecule has 0 spiro atoms. The lowest BCUT2D eigenvalue weighted by atomic mass is 10.0. The predicted molar refractivity (Wildman–Crippen MR) is 84.1 cm³/mol. The molecule has 3 rings (SSSR count). The summed E-state index contributed by atoms with van der Waals surface area (Å²) in [5.41, 5.74) is 8.70. The van der Waals surface area contributed by atoms with Crippen molar-refractivity contribution in [3.8, 4) is 0 Å². The molecule has 0 bridgehead atoms. The minimum Gasteiger partial charge on any atom is -0.324 e. The van der Waals surface area contributed by atoms with E-state index in [2.05, 4.69) is 4.98 Å². The summed E-state index contributed by atoms with van der Waals surface area (Å²) in [4.78, 5) is 4.04. The SMILES string of the molecule is Cc1ncc(S(=O)(=O)N2CCc3cc(C(C)N)ccc32)s1. The highest BCUT2D eigenvalue weighted by molar-refractivity contribution is 7.94. The molecule has 1 aliphatic heterocycles. The van der Waals surface area contributed by atoms with E-state index in [1.807, 2.05) is 25.1 Å². The van der Waals surface area contributed by atoms with Gasteiger partial charge in [-0.2, -0.15) is 0 Å². The van der Waals surface area contributed by atoms with E-state index in [1.165, 1.54) is 21.8 Å². The van der Waals surface area contributed by atoms with Crippen LogP contribution in [-0.2, 0) is 16.4 Å². The Morgan fingerprint density at radius 3 is 2.81 bits per heavy atom. The molecule has 2 heterocycles. The van der Waals surface area contributed by atoms with Crippen LogP contribution in [0.3, 0.4) is 0 Å². The lowest BCUT2D eigenvalue weighted by molar-refractivity contribution is 0.594. The van der Waals surface area contributed by atoms with Crippen molar-refractivity contribution in [2.45, 2.75) is 30.5 Å². The molecule has 1 aromatic carbocycles. The summed E-state index contributed by atoms with van der Waals surface area (Å²) in [6.07, 6.45) is 2.15. The quantitative estimate of drug-likeness (QED) is 0.939. The van der Waals surface area contributed by atoms with Gasteiger partial charge in [-0.05, 0) is 37.5 Å². The van der Waals surface area contributed by atoms with Gasteiger partial charge in [-0.25, -0.2) is 13.4 Å². The third-order valence-corrected chi connectivity index (χ3v) is 6.79. The van der Waals surface area contributed by atoms with Crippen molar-refractivity contribution >= 4 is 27.0 Å². The first-order valence-electron chi connectivity index (χ1n) is 6.73. The Hall–Kier alpha value is -1.44. The third-order valence-electron chi connectivity index (χ3n) is 3.63. The summed E-state index contributed by atoms with van der Waals surface area (Å²) in [6.45, 7) is 4.19. The summed E-state index contributed by atoms with van der Waals surface area (Å²) >= 11 is 1.20. The van der Waals surface area contributed by atoms with Gasteiger partial charge in [-0.1, -0.05) is 12.1 Å². The molecular formula is C14H17N3O2S2. The van der Waals surface area contributed by atoms with Gasteiger partial charge in [0.15, 0.2) is 4.21 Å². The number of aromatic nitrogens is 1. The first-order valence-corrected chi connectivity index (χ1v) is 8.99. The van der Waals surface area contributed by atoms with E-state index in [-0.39, 0.29) is 6.04 Å². The Bertz CT molecular complexity index is 781. The molecule has 2 aromatic rings. The monoisotopic (exact) mass is 323 g/mol. The maximum Gasteiger partial charge on any atom is 0.275 e. The molecule has 0 saturated carbocycles. The van der Waals surface area contributed by atoms with Crippen molar-refractivity contribution < 1.29 is 8.42 Å². The maximum absolute atomic E-state index is 12.7. The number of anilines is 1. The van der Waals surface area contributed by atoms with Gasteiger partial charge >= 0.3 is 0 Å². The second-order valence-corrected chi connectivity index (χ2v) is 8.53. The Labute approximate surface area is 128 Å². The Kier molecular flexibility index (Phi) is 3.51. The first-order chi connectivity index (χ1) is 9.89. The van der Waals surface area contributed by atoms with Crippen LogP contribution in [0.5, 0.6) is 0 Å². The van der Waals surface area contributed by atoms with Crippen LogP contribution in [0.2, 0.25) is 0 Å². The molecule has 2 N–H and O–H groups in total. The second kappa shape index (κ2) is 5.08. The Balaban J connectivity index is 2.01. The Morgan fingerprint density at radius 2 is 2.19 bits per heavy atom. The van der Waals surface area contributed by atoms with Crippen LogP contribution in [0, 0.1) is 6.92 Å². The number of rotatable bonds is 3. The average Bonchev–Trinajstić information content (AvgIpc) is 3.04. The van der Waals surface area contributed by atoms with E-state index in [9.17, 15) is 8.42 Å². The lowest BCUT2D eigenvalue weighted by Gasteiger charge is -2.18. The van der Waals surface area contributed by atoms with E-state index in [4.69, 9.17) is 5.73 Å². The highest BCUT2D eigenvalue weighted by Crippen LogP contribution is 2.35. The maximum atomic E-state index is 12.7. The van der Waals surface area contributed by atoms with Crippen molar-refractivity contribution in [2.75, 3.05) is 10.8 Å². The average molecular weight is 323 g/mol. The number of benzene rings is 1. The lowest BCUT2D eigenvalue weighted by Crippen LogP contribution is -2.28. The fraction of sp³-hybridized carbons (Fsp3) is 0.357. The molecule has 1 atom stereocenters. The predicted octanol–water partition coefficient (Wildman–Crippen LogP) is 2.22. The van der Waals surface area contributed by atoms with Gasteiger partial charge in [0.05, 0.1) is 16.9 Å². The molecule has 1 aromatic heterocycles. The normalized spacial score (nSPS) is 16.0. The smallest absolute Gasteiger partial charge is 0.275 e. The van der Waals surface area contributed by atoms with E-state index >= 15 is 0 Å². The van der Waals surface area contributed by atoms with Gasteiger partial charge in [0.2, 0.25) is 0 Å². The van der Waals surface area contributed by atoms with Gasteiger partial charge in [0, 0.05) is 12.6 Å². The van der Waals surface area contributed by atoms with Crippen LogP contribution < -0.4 is 10.0 Å². The number of thiazole rings is 1. The summed E-state index contributed by atoms with van der Waals surface area (Å²) in [7, 11) is -3.51. The molecule has 0 aliphatic carbocycles. The van der Waals surface area contributed by atoms with Crippen molar-refractivity contribution in [1.82, 2.24) is 4.98 Å². The number of nitrogens with two attached hydrogens (primary N) is 1. The molecule has 0 fully saturated rings. The zero-order valence-electron chi connectivity index (χ0n) is 11.9. The highest BCUT2D eigenvalue weighted by Gasteiger charge is 2.32. The highest BCUT2D eigenvalue weighted by atomic mass is 32.2. The summed E-state index contributed by atoms with van der Waals surface area (Å²) < 4.78 is 27.2. The Morgan fingerprint density at radius 1 is 1.43 bits per heavy atom. The van der Waals surface area contributed by atoms with Crippen molar-refractivity contribution in [1.29, 1.82) is 0 Å². The molecule has 112 valence electrons. The van der Waals surface area contributed by atoms with Gasteiger partial charge in [0.25, 0.3) is 10.0 Å². The largest absolute Gasteiger partial charge is 0.324 e. The molecule has 0 amide bonds. The molecule has 1 aliphatic rings. The second-order valence-electron chi connectivity index (χ2n) is 5.20. The van der Waals surface area contributed by atoms with Crippen LogP contribution in [0.25, 0.3) is 0 Å². The van der Waals surface area contributed by atoms with Gasteiger partial charge in [-0.15, -0.1) is 11.3 Å². The zero-order valence-corrected chi connectivity index (χ0v) is 13.5. The molecule has 5 nitrogen and oxygen atoms in total. The van der Waals surface area contributed by atoms with E-state index in [0.717, 1.165) is 21.8 Å². The topological polar surface area (TPSA) is 76.3 Å². The molecule has 0 saturated heterocycles. The fourth-order valence-electron chi connectivity index (χ4n) is 2.49. The van der Waals surface area contributed by atoms with Crippen LogP contribution in [0.1, 0.15) is 29.1 Å². The van der Waals surface area contributed by atoms with Crippen LogP contribution in [0.15, 0.2) is 28.6 Å². The molecule has 1 unspecified atom stereocenters. The van der Waals surface area contributed by atoms with Crippen LogP contribution in [0.4, 0.5) is 5.69 Å². The zero-order chi connectivity index (χ0) is 15.2. The van der Waals surface area contributed by atoms with E-state index in [1.54, 1.807) is 6.92 Å². The number of hydrogen-bond acceptors (Lipinski definition) is 5. The van der Waals surface area contributed by atoms with E-state index < -0.39 is 10.0 Å². The number of sulfonamides is 1. The summed E-state index contributed by atoms with van der Waals surface area (Å²) in [5, 5.41) is 0.750. The number of hydrogen-bond donors (Lipinski definition) is 1.